The van der Waals surface area contributed by atoms with Crippen molar-refractivity contribution < 1.29 is 14.3 Å². The second-order valence-electron chi connectivity index (χ2n) is 4.98. The number of anilines is 2. The summed E-state index contributed by atoms with van der Waals surface area (Å²) in [5.41, 5.74) is 7.48. The summed E-state index contributed by atoms with van der Waals surface area (Å²) in [4.78, 5) is 11.8. The van der Waals surface area contributed by atoms with E-state index in [2.05, 4.69) is 12.2 Å². The van der Waals surface area contributed by atoms with Crippen molar-refractivity contribution >= 4 is 17.3 Å². The summed E-state index contributed by atoms with van der Waals surface area (Å²) in [5, 5.41) is 3.37. The van der Waals surface area contributed by atoms with Crippen LogP contribution in [0, 0.1) is 0 Å². The van der Waals surface area contributed by atoms with Crippen LogP contribution in [-0.2, 0) is 9.47 Å². The minimum absolute atomic E-state index is 0.137. The Kier molecular flexibility index (Phi) is 3.95. The van der Waals surface area contributed by atoms with Gasteiger partial charge in [0.15, 0.2) is 0 Å². The molecular weight excluding hydrogens is 244 g/mol. The molecule has 0 radical (unpaired) electrons. The molecule has 0 bridgehead atoms. The summed E-state index contributed by atoms with van der Waals surface area (Å²) >= 11 is 0. The van der Waals surface area contributed by atoms with Gasteiger partial charge in [-0.1, -0.05) is 6.07 Å². The minimum Gasteiger partial charge on any atom is -0.462 e. The second-order valence-corrected chi connectivity index (χ2v) is 4.98. The van der Waals surface area contributed by atoms with E-state index >= 15 is 0 Å². The van der Waals surface area contributed by atoms with Crippen molar-refractivity contribution in [1.29, 1.82) is 0 Å². The molecule has 19 heavy (non-hydrogen) atoms. The maximum absolute atomic E-state index is 11.8. The third-order valence-electron chi connectivity index (χ3n) is 3.26. The van der Waals surface area contributed by atoms with Crippen molar-refractivity contribution in [3.63, 3.8) is 0 Å². The van der Waals surface area contributed by atoms with Crippen molar-refractivity contribution in [2.24, 2.45) is 0 Å². The first-order chi connectivity index (χ1) is 9.06. The third-order valence-corrected chi connectivity index (χ3v) is 3.26. The molecule has 5 nitrogen and oxygen atoms in total. The molecule has 1 heterocycles. The van der Waals surface area contributed by atoms with Gasteiger partial charge in [0.2, 0.25) is 0 Å². The normalized spacial score (nSPS) is 22.2. The molecule has 1 aromatic carbocycles. The van der Waals surface area contributed by atoms with Gasteiger partial charge in [-0.2, -0.15) is 0 Å². The van der Waals surface area contributed by atoms with Crippen LogP contribution in [0.15, 0.2) is 18.2 Å². The molecule has 2 rings (SSSR count). The van der Waals surface area contributed by atoms with Gasteiger partial charge < -0.3 is 20.5 Å². The summed E-state index contributed by atoms with van der Waals surface area (Å²) in [7, 11) is 0. The molecule has 1 aromatic rings. The van der Waals surface area contributed by atoms with Gasteiger partial charge in [0.1, 0.15) is 0 Å². The Morgan fingerprint density at radius 2 is 2.37 bits per heavy atom. The van der Waals surface area contributed by atoms with E-state index < -0.39 is 5.97 Å². The molecule has 1 aliphatic rings. The van der Waals surface area contributed by atoms with Gasteiger partial charge in [0, 0.05) is 6.61 Å². The third kappa shape index (κ3) is 2.98. The van der Waals surface area contributed by atoms with Crippen molar-refractivity contribution in [2.45, 2.75) is 25.8 Å². The SMILES string of the molecule is CCOC(=O)c1cccc(NC2(C)CCOC2)c1N. The molecule has 1 fully saturated rings. The fourth-order valence-electron chi connectivity index (χ4n) is 2.15. The molecule has 1 saturated heterocycles. The highest BCUT2D eigenvalue weighted by molar-refractivity contribution is 5.98. The van der Waals surface area contributed by atoms with Crippen LogP contribution >= 0.6 is 0 Å². The predicted molar refractivity (Wildman–Crippen MR) is 74.3 cm³/mol. The van der Waals surface area contributed by atoms with Gasteiger partial charge in [-0.3, -0.25) is 0 Å². The molecule has 0 amide bonds. The molecule has 0 spiro atoms. The van der Waals surface area contributed by atoms with Crippen LogP contribution in [0.1, 0.15) is 30.6 Å². The first-order valence-corrected chi connectivity index (χ1v) is 6.47. The Morgan fingerprint density at radius 1 is 1.58 bits per heavy atom. The highest BCUT2D eigenvalue weighted by Crippen LogP contribution is 2.29. The van der Waals surface area contributed by atoms with Crippen molar-refractivity contribution in [2.75, 3.05) is 30.9 Å². The molecular formula is C14H20N2O3. The maximum Gasteiger partial charge on any atom is 0.340 e. The number of ether oxygens (including phenoxy) is 2. The van der Waals surface area contributed by atoms with Gasteiger partial charge >= 0.3 is 5.97 Å². The molecule has 0 aromatic heterocycles. The van der Waals surface area contributed by atoms with Crippen molar-refractivity contribution in [1.82, 2.24) is 0 Å². The minimum atomic E-state index is -0.392. The Labute approximate surface area is 113 Å². The van der Waals surface area contributed by atoms with E-state index in [0.29, 0.717) is 24.5 Å². The molecule has 104 valence electrons. The van der Waals surface area contributed by atoms with E-state index in [0.717, 1.165) is 18.7 Å². The van der Waals surface area contributed by atoms with Gasteiger partial charge in [-0.05, 0) is 32.4 Å². The van der Waals surface area contributed by atoms with E-state index in [-0.39, 0.29) is 5.54 Å². The first kappa shape index (κ1) is 13.7. The van der Waals surface area contributed by atoms with Gasteiger partial charge in [0.25, 0.3) is 0 Å². The molecule has 5 heteroatoms. The number of esters is 1. The number of nitrogens with one attached hydrogen (secondary N) is 1. The molecule has 1 atom stereocenters. The Balaban J connectivity index is 2.22. The zero-order valence-electron chi connectivity index (χ0n) is 11.4. The first-order valence-electron chi connectivity index (χ1n) is 6.47. The van der Waals surface area contributed by atoms with Gasteiger partial charge in [-0.15, -0.1) is 0 Å². The van der Waals surface area contributed by atoms with Crippen LogP contribution in [0.25, 0.3) is 0 Å². The summed E-state index contributed by atoms with van der Waals surface area (Å²) in [6, 6.07) is 5.33. The zero-order valence-corrected chi connectivity index (χ0v) is 11.4. The van der Waals surface area contributed by atoms with Crippen LogP contribution in [0.3, 0.4) is 0 Å². The highest BCUT2D eigenvalue weighted by atomic mass is 16.5. The van der Waals surface area contributed by atoms with Crippen molar-refractivity contribution in [3.05, 3.63) is 23.8 Å². The fraction of sp³-hybridized carbons (Fsp3) is 0.500. The van der Waals surface area contributed by atoms with E-state index in [9.17, 15) is 4.79 Å². The summed E-state index contributed by atoms with van der Waals surface area (Å²) in [6.45, 7) is 5.56. The lowest BCUT2D eigenvalue weighted by Crippen LogP contribution is -2.35. The number of hydrogen-bond donors (Lipinski definition) is 2. The molecule has 1 unspecified atom stereocenters. The van der Waals surface area contributed by atoms with Crippen LogP contribution in [0.2, 0.25) is 0 Å². The molecule has 3 N–H and O–H groups in total. The number of nitrogens with two attached hydrogens (primary N) is 1. The zero-order chi connectivity index (χ0) is 13.9. The van der Waals surface area contributed by atoms with Crippen LogP contribution in [0.5, 0.6) is 0 Å². The summed E-state index contributed by atoms with van der Waals surface area (Å²) in [5.74, 6) is -0.392. The monoisotopic (exact) mass is 264 g/mol. The Hall–Kier alpha value is -1.75. The largest absolute Gasteiger partial charge is 0.462 e. The number of hydrogen-bond acceptors (Lipinski definition) is 5. The number of rotatable bonds is 4. The molecule has 0 aliphatic carbocycles. The maximum atomic E-state index is 11.8. The van der Waals surface area contributed by atoms with E-state index in [1.165, 1.54) is 0 Å². The second kappa shape index (κ2) is 5.48. The van der Waals surface area contributed by atoms with Crippen LogP contribution < -0.4 is 11.1 Å². The molecule has 1 aliphatic heterocycles. The topological polar surface area (TPSA) is 73.6 Å². The lowest BCUT2D eigenvalue weighted by atomic mass is 10.0. The number of carbonyl (C=O) groups is 1. The lowest BCUT2D eigenvalue weighted by Gasteiger charge is -2.26. The summed E-state index contributed by atoms with van der Waals surface area (Å²) in [6.07, 6.45) is 0.913. The average molecular weight is 264 g/mol. The Bertz CT molecular complexity index is 468. The number of benzene rings is 1. The number of para-hydroxylation sites is 1. The van der Waals surface area contributed by atoms with Gasteiger partial charge in [-0.25, -0.2) is 4.79 Å². The van der Waals surface area contributed by atoms with Crippen molar-refractivity contribution in [3.8, 4) is 0 Å². The van der Waals surface area contributed by atoms with E-state index in [4.69, 9.17) is 15.2 Å². The van der Waals surface area contributed by atoms with Crippen LogP contribution in [-0.4, -0.2) is 31.3 Å². The molecule has 0 saturated carbocycles. The average Bonchev–Trinajstić information content (AvgIpc) is 2.79. The standard InChI is InChI=1S/C14H20N2O3/c1-3-19-13(17)10-5-4-6-11(12(10)15)16-14(2)7-8-18-9-14/h4-6,16H,3,7-9,15H2,1-2H3. The van der Waals surface area contributed by atoms with Gasteiger partial charge in [0.05, 0.1) is 35.7 Å². The smallest absolute Gasteiger partial charge is 0.340 e. The quantitative estimate of drug-likeness (QED) is 0.643. The number of nitrogen functional groups attached to an aromatic ring is 1. The van der Waals surface area contributed by atoms with E-state index in [1.54, 1.807) is 19.1 Å². The van der Waals surface area contributed by atoms with E-state index in [1.807, 2.05) is 6.07 Å². The Morgan fingerprint density at radius 3 is 3.00 bits per heavy atom. The van der Waals surface area contributed by atoms with Crippen LogP contribution in [0.4, 0.5) is 11.4 Å². The fourth-order valence-corrected chi connectivity index (χ4v) is 2.15. The lowest BCUT2D eigenvalue weighted by molar-refractivity contribution is 0.0527. The summed E-state index contributed by atoms with van der Waals surface area (Å²) < 4.78 is 10.4. The predicted octanol–water partition coefficient (Wildman–Crippen LogP) is 2.04. The highest BCUT2D eigenvalue weighted by Gasteiger charge is 2.30. The number of carbonyl (C=O) groups excluding carboxylic acids is 1.